The van der Waals surface area contributed by atoms with E-state index >= 15 is 0 Å². The second kappa shape index (κ2) is 6.44. The Morgan fingerprint density at radius 3 is 2.76 bits per heavy atom. The van der Waals surface area contributed by atoms with E-state index in [4.69, 9.17) is 5.73 Å². The normalized spacial score (nSPS) is 31.9. The van der Waals surface area contributed by atoms with Crippen molar-refractivity contribution in [3.8, 4) is 0 Å². The van der Waals surface area contributed by atoms with Gasteiger partial charge in [-0.15, -0.1) is 11.3 Å². The van der Waals surface area contributed by atoms with Crippen molar-refractivity contribution < 1.29 is 4.79 Å². The minimum atomic E-state index is 0.157. The molecule has 2 aliphatic carbocycles. The van der Waals surface area contributed by atoms with Crippen LogP contribution in [0.3, 0.4) is 0 Å². The lowest BCUT2D eigenvalue weighted by Gasteiger charge is -2.43. The van der Waals surface area contributed by atoms with E-state index in [9.17, 15) is 4.79 Å². The highest BCUT2D eigenvalue weighted by Crippen LogP contribution is 2.41. The van der Waals surface area contributed by atoms with E-state index in [0.29, 0.717) is 24.4 Å². The van der Waals surface area contributed by atoms with Gasteiger partial charge in [0.25, 0.3) is 0 Å². The zero-order valence-electron chi connectivity index (χ0n) is 12.7. The maximum absolute atomic E-state index is 12.4. The predicted molar refractivity (Wildman–Crippen MR) is 84.9 cm³/mol. The Kier molecular flexibility index (Phi) is 4.60. The summed E-state index contributed by atoms with van der Waals surface area (Å²) in [6.07, 6.45) is 6.60. The predicted octanol–water partition coefficient (Wildman–Crippen LogP) is 2.48. The number of rotatable bonds is 4. The fourth-order valence-electron chi connectivity index (χ4n) is 3.92. The molecule has 5 heteroatoms. The Balaban J connectivity index is 1.53. The van der Waals surface area contributed by atoms with Gasteiger partial charge in [0.05, 0.1) is 17.2 Å². The first kappa shape index (κ1) is 15.0. The zero-order chi connectivity index (χ0) is 14.8. The molecular formula is C16H25N3OS. The molecule has 21 heavy (non-hydrogen) atoms. The standard InChI is InChI=1S/C16H25N3OS/c1-2-14-19-13(9-21-14)8-18-16(20)12-6-10-4-3-5-11(7-12)15(10)17/h9-12,15H,2-8,17H2,1H3,(H,18,20). The van der Waals surface area contributed by atoms with Crippen molar-refractivity contribution in [2.45, 2.75) is 58.0 Å². The number of nitrogens with two attached hydrogens (primary N) is 1. The molecule has 2 aliphatic rings. The Morgan fingerprint density at radius 2 is 2.14 bits per heavy atom. The van der Waals surface area contributed by atoms with Crippen molar-refractivity contribution in [2.75, 3.05) is 0 Å². The summed E-state index contributed by atoms with van der Waals surface area (Å²) in [7, 11) is 0. The maximum atomic E-state index is 12.4. The molecule has 2 atom stereocenters. The van der Waals surface area contributed by atoms with E-state index in [0.717, 1.165) is 30.0 Å². The van der Waals surface area contributed by atoms with Gasteiger partial charge in [0.15, 0.2) is 0 Å². The third-order valence-electron chi connectivity index (χ3n) is 5.13. The first-order chi connectivity index (χ1) is 10.2. The zero-order valence-corrected chi connectivity index (χ0v) is 13.5. The molecule has 0 spiro atoms. The summed E-state index contributed by atoms with van der Waals surface area (Å²) < 4.78 is 0. The minimum absolute atomic E-state index is 0.157. The molecule has 0 saturated heterocycles. The minimum Gasteiger partial charge on any atom is -0.350 e. The van der Waals surface area contributed by atoms with Crippen LogP contribution in [0.1, 0.15) is 49.7 Å². The molecule has 0 aromatic carbocycles. The number of hydrogen-bond acceptors (Lipinski definition) is 4. The first-order valence-corrected chi connectivity index (χ1v) is 9.02. The van der Waals surface area contributed by atoms with Gasteiger partial charge in [0, 0.05) is 17.3 Å². The van der Waals surface area contributed by atoms with Crippen LogP contribution in [0, 0.1) is 17.8 Å². The smallest absolute Gasteiger partial charge is 0.223 e. The van der Waals surface area contributed by atoms with Gasteiger partial charge in [-0.2, -0.15) is 0 Å². The lowest BCUT2D eigenvalue weighted by atomic mass is 9.65. The fourth-order valence-corrected chi connectivity index (χ4v) is 4.66. The maximum Gasteiger partial charge on any atom is 0.223 e. The Morgan fingerprint density at radius 1 is 1.43 bits per heavy atom. The van der Waals surface area contributed by atoms with Gasteiger partial charge in [-0.1, -0.05) is 13.3 Å². The van der Waals surface area contributed by atoms with E-state index in [1.54, 1.807) is 11.3 Å². The summed E-state index contributed by atoms with van der Waals surface area (Å²) in [6, 6.07) is 0.327. The molecule has 2 fully saturated rings. The van der Waals surface area contributed by atoms with Gasteiger partial charge in [-0.05, 0) is 43.9 Å². The molecule has 1 amide bonds. The van der Waals surface area contributed by atoms with Crippen molar-refractivity contribution in [2.24, 2.45) is 23.5 Å². The van der Waals surface area contributed by atoms with Crippen molar-refractivity contribution in [3.63, 3.8) is 0 Å². The topological polar surface area (TPSA) is 68.0 Å². The van der Waals surface area contributed by atoms with Crippen molar-refractivity contribution >= 4 is 17.2 Å². The summed E-state index contributed by atoms with van der Waals surface area (Å²) in [5.74, 6) is 1.47. The molecule has 2 saturated carbocycles. The van der Waals surface area contributed by atoms with Crippen LogP contribution in [0.4, 0.5) is 0 Å². The molecule has 2 unspecified atom stereocenters. The Bertz CT molecular complexity index is 487. The lowest BCUT2D eigenvalue weighted by molar-refractivity contribution is -0.128. The number of hydrogen-bond donors (Lipinski definition) is 2. The van der Waals surface area contributed by atoms with E-state index in [-0.39, 0.29) is 11.8 Å². The summed E-state index contributed by atoms with van der Waals surface area (Å²) in [6.45, 7) is 2.67. The van der Waals surface area contributed by atoms with Gasteiger partial charge in [-0.3, -0.25) is 4.79 Å². The molecule has 0 radical (unpaired) electrons. The summed E-state index contributed by atoms with van der Waals surface area (Å²) in [4.78, 5) is 16.9. The monoisotopic (exact) mass is 307 g/mol. The number of carbonyl (C=O) groups is 1. The summed E-state index contributed by atoms with van der Waals surface area (Å²) >= 11 is 1.67. The van der Waals surface area contributed by atoms with E-state index < -0.39 is 0 Å². The average molecular weight is 307 g/mol. The van der Waals surface area contributed by atoms with Crippen LogP contribution in [-0.2, 0) is 17.8 Å². The Hall–Kier alpha value is -0.940. The second-order valence-corrected chi connectivity index (χ2v) is 7.44. The number of aromatic nitrogens is 1. The third-order valence-corrected chi connectivity index (χ3v) is 6.17. The molecule has 3 N–H and O–H groups in total. The largest absolute Gasteiger partial charge is 0.350 e. The average Bonchev–Trinajstić information content (AvgIpc) is 2.92. The number of fused-ring (bicyclic) bond motifs is 2. The van der Waals surface area contributed by atoms with Crippen molar-refractivity contribution in [3.05, 3.63) is 16.1 Å². The number of amides is 1. The third kappa shape index (κ3) is 3.29. The molecular weight excluding hydrogens is 282 g/mol. The van der Waals surface area contributed by atoms with Gasteiger partial charge >= 0.3 is 0 Å². The first-order valence-electron chi connectivity index (χ1n) is 8.14. The SMILES string of the molecule is CCc1nc(CNC(=O)C2CC3CCCC(C2)C3N)cs1. The fraction of sp³-hybridized carbons (Fsp3) is 0.750. The number of nitrogens with one attached hydrogen (secondary N) is 1. The van der Waals surface area contributed by atoms with Gasteiger partial charge in [0.1, 0.15) is 0 Å². The molecule has 1 aromatic heterocycles. The number of carbonyl (C=O) groups excluding carboxylic acids is 1. The lowest BCUT2D eigenvalue weighted by Crippen LogP contribution is -2.49. The Labute approximate surface area is 130 Å². The summed E-state index contributed by atoms with van der Waals surface area (Å²) in [5.41, 5.74) is 7.27. The highest BCUT2D eigenvalue weighted by Gasteiger charge is 2.40. The van der Waals surface area contributed by atoms with Crippen LogP contribution in [-0.4, -0.2) is 16.9 Å². The summed E-state index contributed by atoms with van der Waals surface area (Å²) in [5, 5.41) is 6.26. The molecule has 116 valence electrons. The van der Waals surface area contributed by atoms with Crippen LogP contribution >= 0.6 is 11.3 Å². The second-order valence-electron chi connectivity index (χ2n) is 6.50. The molecule has 1 heterocycles. The van der Waals surface area contributed by atoms with E-state index in [1.165, 1.54) is 19.3 Å². The van der Waals surface area contributed by atoms with Crippen LogP contribution in [0.2, 0.25) is 0 Å². The van der Waals surface area contributed by atoms with Gasteiger partial charge in [-0.25, -0.2) is 4.98 Å². The molecule has 0 aliphatic heterocycles. The highest BCUT2D eigenvalue weighted by atomic mass is 32.1. The van der Waals surface area contributed by atoms with Crippen LogP contribution in [0.25, 0.3) is 0 Å². The van der Waals surface area contributed by atoms with Gasteiger partial charge < -0.3 is 11.1 Å². The van der Waals surface area contributed by atoms with Crippen molar-refractivity contribution in [1.82, 2.24) is 10.3 Å². The highest BCUT2D eigenvalue weighted by molar-refractivity contribution is 7.09. The van der Waals surface area contributed by atoms with Crippen molar-refractivity contribution in [1.29, 1.82) is 0 Å². The van der Waals surface area contributed by atoms with Crippen LogP contribution < -0.4 is 11.1 Å². The van der Waals surface area contributed by atoms with E-state index in [1.807, 2.05) is 5.38 Å². The van der Waals surface area contributed by atoms with E-state index in [2.05, 4.69) is 17.2 Å². The number of aryl methyl sites for hydroxylation is 1. The molecule has 1 aromatic rings. The number of nitrogens with zero attached hydrogens (tertiary/aromatic N) is 1. The van der Waals surface area contributed by atoms with Gasteiger partial charge in [0.2, 0.25) is 5.91 Å². The quantitative estimate of drug-likeness (QED) is 0.898. The molecule has 4 nitrogen and oxygen atoms in total. The van der Waals surface area contributed by atoms with Crippen LogP contribution in [0.5, 0.6) is 0 Å². The molecule has 2 bridgehead atoms. The number of thiazole rings is 1. The molecule has 3 rings (SSSR count). The van der Waals surface area contributed by atoms with Crippen LogP contribution in [0.15, 0.2) is 5.38 Å².